The van der Waals surface area contributed by atoms with Crippen molar-refractivity contribution in [2.75, 3.05) is 24.6 Å². The van der Waals surface area contributed by atoms with Crippen molar-refractivity contribution < 1.29 is 4.79 Å². The lowest BCUT2D eigenvalue weighted by Crippen LogP contribution is -2.18. The van der Waals surface area contributed by atoms with E-state index in [0.717, 1.165) is 24.2 Å². The van der Waals surface area contributed by atoms with Crippen LogP contribution in [-0.2, 0) is 6.42 Å². The Kier molecular flexibility index (Phi) is 4.55. The van der Waals surface area contributed by atoms with E-state index in [9.17, 15) is 4.79 Å². The molecule has 0 saturated carbocycles. The maximum atomic E-state index is 11.6. The highest BCUT2D eigenvalue weighted by molar-refractivity contribution is 5.96. The van der Waals surface area contributed by atoms with Gasteiger partial charge in [0.25, 0.3) is 5.91 Å². The van der Waals surface area contributed by atoms with Gasteiger partial charge in [0.05, 0.1) is 11.4 Å². The lowest BCUT2D eigenvalue weighted by Gasteiger charge is -2.11. The zero-order valence-corrected chi connectivity index (χ0v) is 11.4. The molecule has 104 valence electrons. The first-order valence-electron chi connectivity index (χ1n) is 6.45. The number of carbonyl (C=O) groups excluding carboxylic acids is 1. The molecule has 0 aliphatic rings. The van der Waals surface area contributed by atoms with Crippen LogP contribution in [0.5, 0.6) is 0 Å². The molecule has 0 aliphatic carbocycles. The van der Waals surface area contributed by atoms with Crippen LogP contribution in [0.2, 0.25) is 0 Å². The monoisotopic (exact) mass is 270 g/mol. The Morgan fingerprint density at radius 3 is 2.90 bits per heavy atom. The van der Waals surface area contributed by atoms with Crippen LogP contribution in [0.25, 0.3) is 0 Å². The molecule has 0 aliphatic heterocycles. The number of amides is 1. The number of nitrogen functional groups attached to an aromatic ring is 1. The fourth-order valence-corrected chi connectivity index (χ4v) is 1.88. The molecule has 20 heavy (non-hydrogen) atoms. The maximum Gasteiger partial charge on any atom is 0.251 e. The summed E-state index contributed by atoms with van der Waals surface area (Å²) < 4.78 is 0. The molecule has 0 spiro atoms. The predicted molar refractivity (Wildman–Crippen MR) is 80.7 cm³/mol. The minimum absolute atomic E-state index is 0.125. The van der Waals surface area contributed by atoms with E-state index in [4.69, 9.17) is 5.73 Å². The van der Waals surface area contributed by atoms with E-state index in [1.807, 2.05) is 18.3 Å². The largest absolute Gasteiger partial charge is 0.397 e. The first-order chi connectivity index (χ1) is 9.70. The zero-order chi connectivity index (χ0) is 14.4. The van der Waals surface area contributed by atoms with Gasteiger partial charge in [-0.15, -0.1) is 0 Å². The molecule has 0 bridgehead atoms. The number of hydrogen-bond acceptors (Lipinski definition) is 4. The fourth-order valence-electron chi connectivity index (χ4n) is 1.88. The number of carbonyl (C=O) groups is 1. The van der Waals surface area contributed by atoms with Gasteiger partial charge in [0.2, 0.25) is 0 Å². The van der Waals surface area contributed by atoms with Gasteiger partial charge in [-0.2, -0.15) is 0 Å². The van der Waals surface area contributed by atoms with Crippen LogP contribution in [0.4, 0.5) is 11.4 Å². The second kappa shape index (κ2) is 6.56. The van der Waals surface area contributed by atoms with Gasteiger partial charge in [-0.25, -0.2) is 0 Å². The van der Waals surface area contributed by atoms with E-state index >= 15 is 0 Å². The third kappa shape index (κ3) is 3.47. The number of nitrogens with one attached hydrogen (secondary N) is 2. The molecule has 2 rings (SSSR count). The van der Waals surface area contributed by atoms with Crippen LogP contribution in [0, 0.1) is 0 Å². The molecular formula is C15H18N4O. The topological polar surface area (TPSA) is 80.0 Å². The molecule has 0 radical (unpaired) electrons. The van der Waals surface area contributed by atoms with E-state index in [0.29, 0.717) is 11.3 Å². The molecule has 0 atom stereocenters. The highest BCUT2D eigenvalue weighted by atomic mass is 16.1. The molecular weight excluding hydrogens is 252 g/mol. The number of pyridine rings is 1. The number of nitrogens with two attached hydrogens (primary N) is 1. The molecule has 1 aromatic carbocycles. The second-order valence-corrected chi connectivity index (χ2v) is 4.42. The van der Waals surface area contributed by atoms with Crippen LogP contribution in [-0.4, -0.2) is 24.5 Å². The van der Waals surface area contributed by atoms with Gasteiger partial charge in [-0.05, 0) is 36.2 Å². The summed E-state index contributed by atoms with van der Waals surface area (Å²) >= 11 is 0. The Balaban J connectivity index is 2.00. The number of nitrogens with zero attached hydrogens (tertiary/aromatic N) is 1. The van der Waals surface area contributed by atoms with Crippen molar-refractivity contribution in [3.05, 3.63) is 53.9 Å². The molecule has 5 nitrogen and oxygen atoms in total. The maximum absolute atomic E-state index is 11.6. The average Bonchev–Trinajstić information content (AvgIpc) is 2.49. The smallest absolute Gasteiger partial charge is 0.251 e. The summed E-state index contributed by atoms with van der Waals surface area (Å²) in [5.74, 6) is -0.125. The standard InChI is InChI=1S/C15H18N4O/c1-17-15(20)12-4-5-13(16)14(9-12)19-8-6-11-3-2-7-18-10-11/h2-5,7,9-10,19H,6,8,16H2,1H3,(H,17,20). The van der Waals surface area contributed by atoms with Crippen molar-refractivity contribution in [1.29, 1.82) is 0 Å². The third-order valence-corrected chi connectivity index (χ3v) is 2.99. The Labute approximate surface area is 118 Å². The third-order valence-electron chi connectivity index (χ3n) is 2.99. The van der Waals surface area contributed by atoms with E-state index in [2.05, 4.69) is 15.6 Å². The van der Waals surface area contributed by atoms with Crippen LogP contribution in [0.15, 0.2) is 42.7 Å². The number of aromatic nitrogens is 1. The summed E-state index contributed by atoms with van der Waals surface area (Å²) in [7, 11) is 1.61. The molecule has 1 heterocycles. The van der Waals surface area contributed by atoms with Gasteiger partial charge in [0.1, 0.15) is 0 Å². The van der Waals surface area contributed by atoms with Crippen molar-refractivity contribution in [2.45, 2.75) is 6.42 Å². The zero-order valence-electron chi connectivity index (χ0n) is 11.4. The van der Waals surface area contributed by atoms with E-state index in [-0.39, 0.29) is 5.91 Å². The molecule has 0 fully saturated rings. The first kappa shape index (κ1) is 13.9. The van der Waals surface area contributed by atoms with E-state index in [1.54, 1.807) is 31.4 Å². The SMILES string of the molecule is CNC(=O)c1ccc(N)c(NCCc2cccnc2)c1. The summed E-state index contributed by atoms with van der Waals surface area (Å²) in [6, 6.07) is 9.14. The first-order valence-corrected chi connectivity index (χ1v) is 6.45. The molecule has 0 unspecified atom stereocenters. The Morgan fingerprint density at radius 2 is 2.20 bits per heavy atom. The summed E-state index contributed by atoms with van der Waals surface area (Å²) in [5.41, 5.74) is 9.05. The summed E-state index contributed by atoms with van der Waals surface area (Å²) in [6.07, 6.45) is 4.44. The van der Waals surface area contributed by atoms with Crippen LogP contribution >= 0.6 is 0 Å². The van der Waals surface area contributed by atoms with Crippen LogP contribution in [0.1, 0.15) is 15.9 Å². The van der Waals surface area contributed by atoms with E-state index in [1.165, 1.54) is 0 Å². The van der Waals surface area contributed by atoms with Gasteiger partial charge >= 0.3 is 0 Å². The molecule has 5 heteroatoms. The van der Waals surface area contributed by atoms with Gasteiger partial charge < -0.3 is 16.4 Å². The fraction of sp³-hybridized carbons (Fsp3) is 0.200. The van der Waals surface area contributed by atoms with Crippen molar-refractivity contribution in [3.63, 3.8) is 0 Å². The van der Waals surface area contributed by atoms with Crippen molar-refractivity contribution in [3.8, 4) is 0 Å². The molecule has 2 aromatic rings. The Morgan fingerprint density at radius 1 is 1.35 bits per heavy atom. The Hall–Kier alpha value is -2.56. The Bertz CT molecular complexity index is 584. The predicted octanol–water partition coefficient (Wildman–Crippen LogP) is 1.68. The summed E-state index contributed by atoms with van der Waals surface area (Å²) in [6.45, 7) is 0.729. The quantitative estimate of drug-likeness (QED) is 0.722. The minimum atomic E-state index is -0.125. The van der Waals surface area contributed by atoms with E-state index < -0.39 is 0 Å². The van der Waals surface area contributed by atoms with Crippen molar-refractivity contribution >= 4 is 17.3 Å². The number of benzene rings is 1. The second-order valence-electron chi connectivity index (χ2n) is 4.42. The highest BCUT2D eigenvalue weighted by Crippen LogP contribution is 2.20. The van der Waals surface area contributed by atoms with Crippen molar-refractivity contribution in [2.24, 2.45) is 0 Å². The van der Waals surface area contributed by atoms with Gasteiger partial charge in [0.15, 0.2) is 0 Å². The lowest BCUT2D eigenvalue weighted by atomic mass is 10.1. The van der Waals surface area contributed by atoms with Crippen LogP contribution in [0.3, 0.4) is 0 Å². The normalized spacial score (nSPS) is 10.1. The van der Waals surface area contributed by atoms with Gasteiger partial charge in [-0.3, -0.25) is 9.78 Å². The lowest BCUT2D eigenvalue weighted by molar-refractivity contribution is 0.0963. The average molecular weight is 270 g/mol. The molecule has 0 saturated heterocycles. The summed E-state index contributed by atoms with van der Waals surface area (Å²) in [5, 5.41) is 5.84. The highest BCUT2D eigenvalue weighted by Gasteiger charge is 2.06. The van der Waals surface area contributed by atoms with Crippen molar-refractivity contribution in [1.82, 2.24) is 10.3 Å². The van der Waals surface area contributed by atoms with Crippen LogP contribution < -0.4 is 16.4 Å². The summed E-state index contributed by atoms with van der Waals surface area (Å²) in [4.78, 5) is 15.7. The van der Waals surface area contributed by atoms with Gasteiger partial charge in [0, 0.05) is 31.5 Å². The number of anilines is 2. The molecule has 1 aromatic heterocycles. The molecule has 1 amide bonds. The molecule has 4 N–H and O–H groups in total. The van der Waals surface area contributed by atoms with Gasteiger partial charge in [-0.1, -0.05) is 6.07 Å². The number of rotatable bonds is 5. The minimum Gasteiger partial charge on any atom is -0.397 e. The number of hydrogen-bond donors (Lipinski definition) is 3.